The summed E-state index contributed by atoms with van der Waals surface area (Å²) < 4.78 is 1.30. The number of non-ortho nitro benzene ring substituents is 1. The number of carbonyl (C=O) groups excluding carboxylic acids is 2. The first-order chi connectivity index (χ1) is 19.4. The van der Waals surface area contributed by atoms with E-state index in [1.807, 2.05) is 0 Å². The summed E-state index contributed by atoms with van der Waals surface area (Å²) in [4.78, 5) is 93.8. The number of benzene rings is 1. The Labute approximate surface area is 230 Å². The van der Waals surface area contributed by atoms with Crippen molar-refractivity contribution < 1.29 is 14.5 Å². The maximum atomic E-state index is 14.0. The molecule has 0 saturated heterocycles. The number of nitrogens with zero attached hydrogens (tertiary/aromatic N) is 3. The van der Waals surface area contributed by atoms with Gasteiger partial charge in [-0.05, 0) is 12.5 Å². The van der Waals surface area contributed by atoms with Crippen molar-refractivity contribution >= 4 is 29.1 Å². The molecule has 1 aromatic carbocycles. The fourth-order valence-electron chi connectivity index (χ4n) is 4.39. The van der Waals surface area contributed by atoms with Gasteiger partial charge in [0.05, 0.1) is 22.0 Å². The Hall–Kier alpha value is -5.48. The van der Waals surface area contributed by atoms with Crippen LogP contribution in [-0.4, -0.2) is 64.0 Å². The summed E-state index contributed by atoms with van der Waals surface area (Å²) in [6.45, 7) is 0.672. The zero-order valence-corrected chi connectivity index (χ0v) is 22.8. The van der Waals surface area contributed by atoms with Crippen LogP contribution in [0.15, 0.2) is 43.4 Å². The van der Waals surface area contributed by atoms with Gasteiger partial charge in [0.1, 0.15) is 24.2 Å². The molecule has 0 fully saturated rings. The molecule has 0 radical (unpaired) electrons. The van der Waals surface area contributed by atoms with E-state index < -0.39 is 57.7 Å². The highest BCUT2D eigenvalue weighted by Gasteiger charge is 2.33. The topological polar surface area (TPSA) is 235 Å². The molecule has 0 aliphatic heterocycles. The number of likely N-dealkylation sites (N-methyl/N-ethyl adjacent to an activating group) is 2. The van der Waals surface area contributed by atoms with Crippen LogP contribution in [-0.2, 0) is 16.1 Å². The summed E-state index contributed by atoms with van der Waals surface area (Å²) in [6, 6.07) is 3.67. The van der Waals surface area contributed by atoms with Crippen molar-refractivity contribution in [2.75, 3.05) is 38.8 Å². The molecule has 0 bridgehead atoms. The molecule has 6 N–H and O–H groups in total. The van der Waals surface area contributed by atoms with E-state index in [9.17, 15) is 38.9 Å². The largest absolute Gasteiger partial charge is 0.374 e. The third-order valence-corrected chi connectivity index (χ3v) is 6.50. The van der Waals surface area contributed by atoms with Gasteiger partial charge < -0.3 is 21.3 Å². The van der Waals surface area contributed by atoms with Gasteiger partial charge in [0, 0.05) is 40.3 Å². The number of aromatic nitrogens is 4. The monoisotopic (exact) mass is 571 g/mol. The molecule has 2 heterocycles. The minimum absolute atomic E-state index is 0.116. The van der Waals surface area contributed by atoms with Gasteiger partial charge in [0.2, 0.25) is 11.8 Å². The highest BCUT2D eigenvalue weighted by molar-refractivity contribution is 5.79. The predicted molar refractivity (Wildman–Crippen MR) is 149 cm³/mol. The molecule has 3 aromatic rings. The normalized spacial score (nSPS) is 12.2. The Balaban J connectivity index is 2.55. The van der Waals surface area contributed by atoms with Gasteiger partial charge in [-0.15, -0.1) is 0 Å². The summed E-state index contributed by atoms with van der Waals surface area (Å²) in [7, 11) is 5.46. The van der Waals surface area contributed by atoms with Crippen LogP contribution in [0.1, 0.15) is 35.6 Å². The number of nitrogens with one attached hydrogen (secondary N) is 6. The highest BCUT2D eigenvalue weighted by Crippen LogP contribution is 2.35. The molecule has 0 aliphatic carbocycles. The molecule has 0 aliphatic rings. The third-order valence-electron chi connectivity index (χ3n) is 6.50. The smallest absolute Gasteiger partial charge is 0.330 e. The van der Waals surface area contributed by atoms with E-state index in [4.69, 9.17) is 0 Å². The lowest BCUT2D eigenvalue weighted by Gasteiger charge is -2.24. The molecule has 2 unspecified atom stereocenters. The average molecular weight is 572 g/mol. The van der Waals surface area contributed by atoms with Crippen molar-refractivity contribution in [3.63, 3.8) is 0 Å². The van der Waals surface area contributed by atoms with Gasteiger partial charge in [0.15, 0.2) is 0 Å². The predicted octanol–water partition coefficient (Wildman–Crippen LogP) is -1.39. The van der Waals surface area contributed by atoms with Crippen molar-refractivity contribution in [1.82, 2.24) is 29.7 Å². The molecule has 2 amide bonds. The maximum Gasteiger partial charge on any atom is 0.330 e. The minimum Gasteiger partial charge on any atom is -0.374 e. The van der Waals surface area contributed by atoms with Crippen molar-refractivity contribution in [2.45, 2.75) is 25.4 Å². The lowest BCUT2D eigenvalue weighted by molar-refractivity contribution is -0.384. The van der Waals surface area contributed by atoms with Crippen molar-refractivity contribution in [2.24, 2.45) is 0 Å². The van der Waals surface area contributed by atoms with E-state index in [0.29, 0.717) is 9.13 Å². The second kappa shape index (κ2) is 12.1. The van der Waals surface area contributed by atoms with Crippen LogP contribution in [0.3, 0.4) is 0 Å². The van der Waals surface area contributed by atoms with E-state index in [0.717, 1.165) is 12.1 Å². The summed E-state index contributed by atoms with van der Waals surface area (Å²) in [5.41, 5.74) is -4.28. The van der Waals surface area contributed by atoms with Crippen LogP contribution in [0, 0.1) is 10.1 Å². The van der Waals surface area contributed by atoms with Gasteiger partial charge in [-0.1, -0.05) is 12.1 Å². The molecule has 0 saturated carbocycles. The number of hydrogen-bond donors (Lipinski definition) is 6. The molecule has 17 heteroatoms. The Bertz CT molecular complexity index is 1730. The molecule has 2 atom stereocenters. The number of nitro groups is 1. The minimum atomic E-state index is -1.38. The van der Waals surface area contributed by atoms with E-state index >= 15 is 0 Å². The first-order valence-electron chi connectivity index (χ1n) is 12.2. The second-order valence-electron chi connectivity index (χ2n) is 8.75. The number of aromatic amines is 2. The summed E-state index contributed by atoms with van der Waals surface area (Å²) in [5, 5.41) is 21.4. The fourth-order valence-corrected chi connectivity index (χ4v) is 4.39. The summed E-state index contributed by atoms with van der Waals surface area (Å²) in [5.74, 6) is -2.92. The molecule has 17 nitrogen and oxygen atoms in total. The molecular formula is C24H29N9O8. The molecule has 0 spiro atoms. The van der Waals surface area contributed by atoms with Gasteiger partial charge in [-0.3, -0.25) is 43.8 Å². The number of amides is 2. The second-order valence-corrected chi connectivity index (χ2v) is 8.75. The summed E-state index contributed by atoms with van der Waals surface area (Å²) >= 11 is 0. The SMILES string of the molecule is CNC(=O)Cn1c(=O)[nH]c(NC)c(C(c2ccc([N+](=O)[O-])cc2)c2c(NC)[nH]c(=O)n(C(C)C(=O)NC)c2=O)c1=O. The Morgan fingerprint density at radius 2 is 1.41 bits per heavy atom. The van der Waals surface area contributed by atoms with E-state index in [-0.39, 0.29) is 34.0 Å². The Morgan fingerprint density at radius 1 is 0.878 bits per heavy atom. The molecule has 3 rings (SSSR count). The Kier molecular flexibility index (Phi) is 8.90. The first kappa shape index (κ1) is 30.1. The number of H-pyrrole nitrogens is 2. The van der Waals surface area contributed by atoms with Crippen molar-refractivity contribution in [3.05, 3.63) is 92.7 Å². The Morgan fingerprint density at radius 3 is 1.90 bits per heavy atom. The lowest BCUT2D eigenvalue weighted by atomic mass is 9.86. The van der Waals surface area contributed by atoms with Crippen LogP contribution in [0.2, 0.25) is 0 Å². The van der Waals surface area contributed by atoms with Gasteiger partial charge in [0.25, 0.3) is 16.8 Å². The molecule has 41 heavy (non-hydrogen) atoms. The number of carbonyl (C=O) groups is 2. The van der Waals surface area contributed by atoms with Crippen molar-refractivity contribution in [3.8, 4) is 0 Å². The van der Waals surface area contributed by atoms with Gasteiger partial charge in [-0.2, -0.15) is 0 Å². The van der Waals surface area contributed by atoms with Gasteiger partial charge in [-0.25, -0.2) is 14.2 Å². The van der Waals surface area contributed by atoms with Crippen LogP contribution >= 0.6 is 0 Å². The zero-order valence-electron chi connectivity index (χ0n) is 22.8. The van der Waals surface area contributed by atoms with Crippen LogP contribution < -0.4 is 43.8 Å². The number of hydrogen-bond acceptors (Lipinski definition) is 10. The van der Waals surface area contributed by atoms with Crippen LogP contribution in [0.25, 0.3) is 0 Å². The van der Waals surface area contributed by atoms with Crippen LogP contribution in [0.5, 0.6) is 0 Å². The number of rotatable bonds is 10. The third kappa shape index (κ3) is 5.63. The van der Waals surface area contributed by atoms with Gasteiger partial charge >= 0.3 is 11.4 Å². The average Bonchev–Trinajstić information content (AvgIpc) is 2.96. The molecular weight excluding hydrogens is 542 g/mol. The fraction of sp³-hybridized carbons (Fsp3) is 0.333. The highest BCUT2D eigenvalue weighted by atomic mass is 16.6. The standard InChI is InChI=1S/C24H29N9O8/c1-11(20(35)28-5)32-22(37)17(19(27-4)30-24(32)39)15(12-6-8-13(9-7-12)33(40)41)16-18(26-3)29-23(38)31(21(16)36)10-14(34)25-2/h6-9,11,15,26-27H,10H2,1-5H3,(H,25,34)(H,28,35)(H,29,38)(H,30,39). The molecule has 2 aromatic heterocycles. The van der Waals surface area contributed by atoms with E-state index in [1.165, 1.54) is 47.2 Å². The quantitative estimate of drug-likeness (QED) is 0.123. The van der Waals surface area contributed by atoms with E-state index in [1.54, 1.807) is 0 Å². The molecule has 218 valence electrons. The zero-order chi connectivity index (χ0) is 30.6. The van der Waals surface area contributed by atoms with Crippen LogP contribution in [0.4, 0.5) is 17.3 Å². The number of anilines is 2. The summed E-state index contributed by atoms with van der Waals surface area (Å²) in [6.07, 6.45) is 0. The maximum absolute atomic E-state index is 14.0. The number of nitro benzene ring substituents is 1. The van der Waals surface area contributed by atoms with E-state index in [2.05, 4.69) is 31.2 Å². The van der Waals surface area contributed by atoms with Crippen molar-refractivity contribution in [1.29, 1.82) is 0 Å². The first-order valence-corrected chi connectivity index (χ1v) is 12.2. The lowest BCUT2D eigenvalue weighted by Crippen LogP contribution is -2.46.